The summed E-state index contributed by atoms with van der Waals surface area (Å²) in [5.41, 5.74) is 15.4. The zero-order chi connectivity index (χ0) is 42.9. The number of nitrogen functional groups attached to an aromatic ring is 2. The SMILES string of the molecule is Cc1cc(-c2ccc(NN=C3C(=O)c4c(N)cc(S(=O)(=O)[O-])cc4C=C3S(=O)(=O)[O-])c(C)c2)ccc1NN=C1C(=O)c2c(N)cc(S(=O)(=O)[O-])cc2C=C1S(=O)(=O)[O-].[Na+].[Na+].[Na+].[Na+]. The van der Waals surface area contributed by atoms with Crippen LogP contribution in [0.1, 0.15) is 43.0 Å². The molecule has 0 saturated carbocycles. The molecule has 0 aromatic heterocycles. The standard InChI is InChI=1S/C34H28N6O14S4.4Na/c1-15-7-17(3-5-25(15)37-39-31-27(57(49,50)51)11-19-9-21(55(43,44)45)13-23(35)29(19)33(31)41)18-4-6-26(16(2)8-18)38-40-32-28(58(52,53)54)12-20-10-22(56(46,47)48)14-24(36)30(20)34(32)42;;;;/h3-14,37-38H,35-36H2,1-2H3,(H,43,44,45)(H,46,47,48)(H,49,50,51)(H,52,53,54);;;;/q;4*+1/p-4. The van der Waals surface area contributed by atoms with E-state index in [4.69, 9.17) is 11.5 Å². The van der Waals surface area contributed by atoms with E-state index in [1.807, 2.05) is 0 Å². The monoisotopic (exact) mass is 960 g/mol. The normalized spacial score (nSPS) is 15.1. The van der Waals surface area contributed by atoms with Crippen LogP contribution in [-0.4, -0.2) is 74.9 Å². The third-order valence-electron chi connectivity index (χ3n) is 8.75. The van der Waals surface area contributed by atoms with Gasteiger partial charge in [0, 0.05) is 11.4 Å². The number of fused-ring (bicyclic) bond motifs is 2. The van der Waals surface area contributed by atoms with Crippen LogP contribution in [0.2, 0.25) is 0 Å². The van der Waals surface area contributed by atoms with Crippen molar-refractivity contribution in [2.75, 3.05) is 22.3 Å². The second kappa shape index (κ2) is 20.6. The minimum Gasteiger partial charge on any atom is -0.744 e. The number of benzene rings is 4. The van der Waals surface area contributed by atoms with Crippen molar-refractivity contribution in [1.29, 1.82) is 0 Å². The number of aryl methyl sites for hydroxylation is 2. The van der Waals surface area contributed by atoms with Crippen LogP contribution < -0.4 is 141 Å². The van der Waals surface area contributed by atoms with Crippen molar-refractivity contribution in [2.45, 2.75) is 23.6 Å². The van der Waals surface area contributed by atoms with Crippen LogP contribution in [0.4, 0.5) is 22.7 Å². The molecule has 0 bridgehead atoms. The number of carbonyl (C=O) groups is 2. The summed E-state index contributed by atoms with van der Waals surface area (Å²) in [4.78, 5) is 22.8. The Morgan fingerprint density at radius 3 is 1.10 bits per heavy atom. The molecule has 6 N–H and O–H groups in total. The molecule has 6 rings (SSSR count). The van der Waals surface area contributed by atoms with Crippen LogP contribution in [0.3, 0.4) is 0 Å². The van der Waals surface area contributed by atoms with Gasteiger partial charge in [0.25, 0.3) is 0 Å². The van der Waals surface area contributed by atoms with E-state index in [0.717, 1.165) is 24.3 Å². The first-order chi connectivity index (χ1) is 26.8. The fourth-order valence-electron chi connectivity index (χ4n) is 6.00. The molecule has 62 heavy (non-hydrogen) atoms. The number of hydrazone groups is 2. The molecule has 20 nitrogen and oxygen atoms in total. The Bertz CT molecular complexity index is 2950. The molecule has 28 heteroatoms. The number of allylic oxidation sites excluding steroid dienone is 2. The molecule has 0 aliphatic heterocycles. The van der Waals surface area contributed by atoms with Gasteiger partial charge in [0.05, 0.1) is 42.1 Å². The Labute approximate surface area is 443 Å². The predicted molar refractivity (Wildman–Crippen MR) is 205 cm³/mol. The summed E-state index contributed by atoms with van der Waals surface area (Å²) in [5, 5.41) is 7.77. The Kier molecular flexibility index (Phi) is 18.6. The Morgan fingerprint density at radius 2 is 0.823 bits per heavy atom. The van der Waals surface area contributed by atoms with E-state index in [0.29, 0.717) is 34.4 Å². The van der Waals surface area contributed by atoms with Crippen LogP contribution in [0.25, 0.3) is 23.3 Å². The van der Waals surface area contributed by atoms with Gasteiger partial charge >= 0.3 is 118 Å². The summed E-state index contributed by atoms with van der Waals surface area (Å²) in [6.45, 7) is 3.27. The molecule has 2 aliphatic carbocycles. The molecule has 302 valence electrons. The van der Waals surface area contributed by atoms with Gasteiger partial charge in [-0.25, -0.2) is 33.7 Å². The van der Waals surface area contributed by atoms with Gasteiger partial charge in [0.15, 0.2) is 0 Å². The Morgan fingerprint density at radius 1 is 0.500 bits per heavy atom. The zero-order valence-electron chi connectivity index (χ0n) is 33.3. The summed E-state index contributed by atoms with van der Waals surface area (Å²) in [6.07, 6.45) is 1.39. The molecule has 0 heterocycles. The number of nitrogens with one attached hydrogen (secondary N) is 2. The molecule has 0 saturated heterocycles. The molecule has 2 aliphatic rings. The summed E-state index contributed by atoms with van der Waals surface area (Å²) in [7, 11) is -20.9. The molecule has 4 aromatic carbocycles. The van der Waals surface area contributed by atoms with Crippen molar-refractivity contribution in [3.63, 3.8) is 0 Å². The molecule has 4 aromatic rings. The summed E-state index contributed by atoms with van der Waals surface area (Å²) in [5.74, 6) is -2.27. The van der Waals surface area contributed by atoms with Crippen LogP contribution in [-0.2, 0) is 40.5 Å². The fraction of sp³-hybridized carbons (Fsp3) is 0.0588. The van der Waals surface area contributed by atoms with Crippen molar-refractivity contribution in [3.05, 3.63) is 104 Å². The van der Waals surface area contributed by atoms with Crippen LogP contribution in [0.5, 0.6) is 0 Å². The maximum atomic E-state index is 13.3. The number of carbonyl (C=O) groups excluding carboxylic acids is 2. The van der Waals surface area contributed by atoms with Gasteiger partial charge in [-0.15, -0.1) is 0 Å². The molecule has 0 atom stereocenters. The van der Waals surface area contributed by atoms with Gasteiger partial charge in [0.2, 0.25) is 11.6 Å². The van der Waals surface area contributed by atoms with Gasteiger partial charge in [-0.05, 0) is 108 Å². The van der Waals surface area contributed by atoms with E-state index in [1.54, 1.807) is 38.1 Å². The van der Waals surface area contributed by atoms with Gasteiger partial charge in [-0.2, -0.15) is 10.2 Å². The van der Waals surface area contributed by atoms with E-state index in [9.17, 15) is 61.5 Å². The second-order valence-corrected chi connectivity index (χ2v) is 18.1. The molecule has 0 radical (unpaired) electrons. The van der Waals surface area contributed by atoms with E-state index in [1.165, 1.54) is 12.1 Å². The van der Waals surface area contributed by atoms with Crippen LogP contribution in [0, 0.1) is 13.8 Å². The number of nitrogens with two attached hydrogens (primary N) is 2. The van der Waals surface area contributed by atoms with Gasteiger partial charge in [-0.1, -0.05) is 12.1 Å². The molecular formula is C34H24N6Na4O14S4. The number of hydrogen-bond donors (Lipinski definition) is 4. The third-order valence-corrected chi connectivity index (χ3v) is 12.1. The first-order valence-electron chi connectivity index (χ1n) is 15.9. The number of hydrogen-bond acceptors (Lipinski definition) is 20. The number of Topliss-reactive ketones (excluding diaryl/α,β-unsaturated/α-hetero) is 2. The Hall–Kier alpha value is -2.12. The minimum absolute atomic E-state index is 0. The maximum Gasteiger partial charge on any atom is 1.00 e. The summed E-state index contributed by atoms with van der Waals surface area (Å²) in [6, 6.07) is 12.5. The minimum atomic E-state index is -5.37. The smallest absolute Gasteiger partial charge is 0.744 e. The summed E-state index contributed by atoms with van der Waals surface area (Å²) >= 11 is 0. The Balaban J connectivity index is 0.00000331. The van der Waals surface area contributed by atoms with Crippen molar-refractivity contribution in [3.8, 4) is 11.1 Å². The average Bonchev–Trinajstić information content (AvgIpc) is 3.09. The summed E-state index contributed by atoms with van der Waals surface area (Å²) < 4.78 is 142. The maximum absolute atomic E-state index is 13.3. The van der Waals surface area contributed by atoms with Gasteiger partial charge in [-0.3, -0.25) is 20.4 Å². The number of rotatable bonds is 9. The second-order valence-electron chi connectivity index (χ2n) is 12.6. The number of ketones is 2. The first-order valence-corrected chi connectivity index (χ1v) is 21.5. The van der Waals surface area contributed by atoms with Crippen molar-refractivity contribution < 1.29 is 180 Å². The average molecular weight is 961 g/mol. The largest absolute Gasteiger partial charge is 1.00 e. The van der Waals surface area contributed by atoms with Crippen molar-refractivity contribution in [1.82, 2.24) is 0 Å². The molecule has 0 unspecified atom stereocenters. The number of anilines is 4. The van der Waals surface area contributed by atoms with Crippen molar-refractivity contribution in [2.24, 2.45) is 10.2 Å². The van der Waals surface area contributed by atoms with E-state index >= 15 is 0 Å². The quantitative estimate of drug-likeness (QED) is 0.0524. The van der Waals surface area contributed by atoms with Gasteiger partial charge in [0.1, 0.15) is 51.9 Å². The zero-order valence-corrected chi connectivity index (χ0v) is 44.6. The van der Waals surface area contributed by atoms with Crippen LogP contribution >= 0.6 is 0 Å². The van der Waals surface area contributed by atoms with Gasteiger partial charge < -0.3 is 29.7 Å². The molecular weight excluding hydrogens is 937 g/mol. The van der Waals surface area contributed by atoms with E-state index < -0.39 is 94.4 Å². The topological polar surface area (TPSA) is 364 Å². The fourth-order valence-corrected chi connectivity index (χ4v) is 8.38. The molecule has 0 fully saturated rings. The van der Waals surface area contributed by atoms with Crippen molar-refractivity contribution >= 4 is 98.4 Å². The third kappa shape index (κ3) is 11.8. The van der Waals surface area contributed by atoms with E-state index in [2.05, 4.69) is 21.1 Å². The molecule has 0 amide bonds. The number of nitrogens with zero attached hydrogens (tertiary/aromatic N) is 2. The first kappa shape index (κ1) is 56.0. The predicted octanol–water partition coefficient (Wildman–Crippen LogP) is -9.94. The van der Waals surface area contributed by atoms with Crippen LogP contribution in [0.15, 0.2) is 90.5 Å². The van der Waals surface area contributed by atoms with E-state index in [-0.39, 0.29) is 152 Å². The molecule has 0 spiro atoms.